The van der Waals surface area contributed by atoms with Crippen LogP contribution in [0.1, 0.15) is 50.5 Å². The number of nitrogens with one attached hydrogen (secondary N) is 1. The topological polar surface area (TPSA) is 72.2 Å². The SMILES string of the molecule is CCCC/C=C/CC(c1ccc(N)cc1)C1CC(=O)NC1=O. The summed E-state index contributed by atoms with van der Waals surface area (Å²) in [5, 5.41) is 2.41. The summed E-state index contributed by atoms with van der Waals surface area (Å²) in [6, 6.07) is 7.60. The lowest BCUT2D eigenvalue weighted by atomic mass is 9.82. The fourth-order valence-corrected chi connectivity index (χ4v) is 2.86. The average molecular weight is 300 g/mol. The molecule has 0 spiro atoms. The Kier molecular flexibility index (Phi) is 5.75. The van der Waals surface area contributed by atoms with E-state index in [2.05, 4.69) is 24.4 Å². The number of amides is 2. The van der Waals surface area contributed by atoms with Gasteiger partial charge in [-0.25, -0.2) is 0 Å². The van der Waals surface area contributed by atoms with Gasteiger partial charge in [0.1, 0.15) is 0 Å². The molecule has 0 bridgehead atoms. The van der Waals surface area contributed by atoms with Crippen LogP contribution in [-0.4, -0.2) is 11.8 Å². The number of unbranched alkanes of at least 4 members (excludes halogenated alkanes) is 2. The zero-order valence-electron chi connectivity index (χ0n) is 13.0. The van der Waals surface area contributed by atoms with Crippen molar-refractivity contribution in [2.75, 3.05) is 5.73 Å². The molecule has 0 aliphatic carbocycles. The van der Waals surface area contributed by atoms with Gasteiger partial charge in [0, 0.05) is 12.1 Å². The fraction of sp³-hybridized carbons (Fsp3) is 0.444. The van der Waals surface area contributed by atoms with E-state index in [1.165, 1.54) is 12.8 Å². The minimum Gasteiger partial charge on any atom is -0.399 e. The Morgan fingerprint density at radius 3 is 2.59 bits per heavy atom. The third-order valence-corrected chi connectivity index (χ3v) is 4.14. The summed E-state index contributed by atoms with van der Waals surface area (Å²) in [6.07, 6.45) is 8.74. The molecule has 2 rings (SSSR count). The molecular weight excluding hydrogens is 276 g/mol. The Labute approximate surface area is 131 Å². The van der Waals surface area contributed by atoms with Crippen molar-refractivity contribution in [3.8, 4) is 0 Å². The van der Waals surface area contributed by atoms with Crippen LogP contribution in [0.4, 0.5) is 5.69 Å². The molecule has 1 aliphatic rings. The third kappa shape index (κ3) is 4.20. The van der Waals surface area contributed by atoms with E-state index in [1.807, 2.05) is 24.3 Å². The largest absolute Gasteiger partial charge is 0.399 e. The monoisotopic (exact) mass is 300 g/mol. The number of allylic oxidation sites excluding steroid dienone is 2. The second-order valence-corrected chi connectivity index (χ2v) is 5.85. The van der Waals surface area contributed by atoms with Gasteiger partial charge in [0.15, 0.2) is 0 Å². The van der Waals surface area contributed by atoms with Crippen molar-refractivity contribution in [1.29, 1.82) is 0 Å². The van der Waals surface area contributed by atoms with E-state index in [-0.39, 0.29) is 30.1 Å². The van der Waals surface area contributed by atoms with Crippen molar-refractivity contribution >= 4 is 17.5 Å². The fourth-order valence-electron chi connectivity index (χ4n) is 2.86. The van der Waals surface area contributed by atoms with E-state index in [0.29, 0.717) is 5.69 Å². The van der Waals surface area contributed by atoms with Gasteiger partial charge >= 0.3 is 0 Å². The van der Waals surface area contributed by atoms with E-state index in [0.717, 1.165) is 18.4 Å². The molecule has 0 radical (unpaired) electrons. The number of carbonyl (C=O) groups is 2. The van der Waals surface area contributed by atoms with E-state index >= 15 is 0 Å². The molecule has 4 heteroatoms. The van der Waals surface area contributed by atoms with Gasteiger partial charge in [0.05, 0.1) is 5.92 Å². The Balaban J connectivity index is 2.13. The van der Waals surface area contributed by atoms with Crippen LogP contribution in [0.3, 0.4) is 0 Å². The van der Waals surface area contributed by atoms with Crippen LogP contribution in [0, 0.1) is 5.92 Å². The molecule has 3 N–H and O–H groups in total. The highest BCUT2D eigenvalue weighted by molar-refractivity contribution is 6.03. The summed E-state index contributed by atoms with van der Waals surface area (Å²) in [4.78, 5) is 23.5. The van der Waals surface area contributed by atoms with E-state index in [9.17, 15) is 9.59 Å². The van der Waals surface area contributed by atoms with Gasteiger partial charge in [-0.2, -0.15) is 0 Å². The minimum absolute atomic E-state index is 0.0185. The molecule has 2 atom stereocenters. The summed E-state index contributed by atoms with van der Waals surface area (Å²) >= 11 is 0. The molecule has 22 heavy (non-hydrogen) atoms. The smallest absolute Gasteiger partial charge is 0.230 e. The van der Waals surface area contributed by atoms with E-state index in [1.54, 1.807) is 0 Å². The molecule has 1 aliphatic heterocycles. The lowest BCUT2D eigenvalue weighted by Gasteiger charge is -2.20. The number of rotatable bonds is 7. The van der Waals surface area contributed by atoms with Crippen LogP contribution in [0.2, 0.25) is 0 Å². The first-order chi connectivity index (χ1) is 10.6. The minimum atomic E-state index is -0.285. The number of nitrogen functional groups attached to an aromatic ring is 1. The molecule has 0 aromatic heterocycles. The zero-order chi connectivity index (χ0) is 15.9. The predicted octanol–water partition coefficient (Wildman–Crippen LogP) is 3.15. The van der Waals surface area contributed by atoms with Crippen molar-refractivity contribution in [2.45, 2.75) is 44.9 Å². The molecule has 4 nitrogen and oxygen atoms in total. The molecule has 1 saturated heterocycles. The Morgan fingerprint density at radius 1 is 1.27 bits per heavy atom. The van der Waals surface area contributed by atoms with Gasteiger partial charge in [-0.05, 0) is 36.5 Å². The van der Waals surface area contributed by atoms with Gasteiger partial charge in [-0.15, -0.1) is 0 Å². The van der Waals surface area contributed by atoms with Gasteiger partial charge in [0.25, 0.3) is 0 Å². The maximum atomic E-state index is 12.0. The number of carbonyl (C=O) groups excluding carboxylic acids is 2. The lowest BCUT2D eigenvalue weighted by molar-refractivity contribution is -0.126. The maximum absolute atomic E-state index is 12.0. The van der Waals surface area contributed by atoms with Crippen molar-refractivity contribution in [3.63, 3.8) is 0 Å². The van der Waals surface area contributed by atoms with Crippen molar-refractivity contribution in [3.05, 3.63) is 42.0 Å². The normalized spacial score (nSPS) is 19.6. The van der Waals surface area contributed by atoms with Crippen LogP contribution in [0.25, 0.3) is 0 Å². The van der Waals surface area contributed by atoms with Crippen molar-refractivity contribution in [2.24, 2.45) is 5.92 Å². The quantitative estimate of drug-likeness (QED) is 0.352. The van der Waals surface area contributed by atoms with Crippen LogP contribution in [0.5, 0.6) is 0 Å². The highest BCUT2D eigenvalue weighted by Crippen LogP contribution is 2.34. The molecule has 1 fully saturated rings. The standard InChI is InChI=1S/C18H24N2O2/c1-2-3-4-5-6-7-15(13-8-10-14(19)11-9-13)16-12-17(21)20-18(16)22/h5-6,8-11,15-16H,2-4,7,12,19H2,1H3,(H,20,21,22)/b6-5+. The van der Waals surface area contributed by atoms with Crippen LogP contribution < -0.4 is 11.1 Å². The van der Waals surface area contributed by atoms with E-state index in [4.69, 9.17) is 5.73 Å². The van der Waals surface area contributed by atoms with E-state index < -0.39 is 0 Å². The van der Waals surface area contributed by atoms with Crippen LogP contribution in [0.15, 0.2) is 36.4 Å². The third-order valence-electron chi connectivity index (χ3n) is 4.14. The summed E-state index contributed by atoms with van der Waals surface area (Å²) in [6.45, 7) is 2.17. The summed E-state index contributed by atoms with van der Waals surface area (Å²) < 4.78 is 0. The van der Waals surface area contributed by atoms with Crippen LogP contribution >= 0.6 is 0 Å². The molecule has 1 heterocycles. The summed E-state index contributed by atoms with van der Waals surface area (Å²) in [5.41, 5.74) is 7.50. The number of hydrogen-bond donors (Lipinski definition) is 2. The van der Waals surface area contributed by atoms with Gasteiger partial charge in [-0.3, -0.25) is 14.9 Å². The number of imide groups is 1. The Bertz CT molecular complexity index is 549. The van der Waals surface area contributed by atoms with Crippen molar-refractivity contribution in [1.82, 2.24) is 5.32 Å². The molecule has 2 amide bonds. The first-order valence-corrected chi connectivity index (χ1v) is 7.96. The Hall–Kier alpha value is -2.10. The molecule has 1 aromatic carbocycles. The molecule has 2 unspecified atom stereocenters. The molecule has 0 saturated carbocycles. The number of nitrogens with two attached hydrogens (primary N) is 1. The highest BCUT2D eigenvalue weighted by atomic mass is 16.2. The average Bonchev–Trinajstić information content (AvgIpc) is 2.83. The second-order valence-electron chi connectivity index (χ2n) is 5.85. The van der Waals surface area contributed by atoms with Crippen LogP contribution in [-0.2, 0) is 9.59 Å². The molecule has 1 aromatic rings. The maximum Gasteiger partial charge on any atom is 0.230 e. The number of hydrogen-bond acceptors (Lipinski definition) is 3. The summed E-state index contributed by atoms with van der Waals surface area (Å²) in [7, 11) is 0. The molecule has 118 valence electrons. The van der Waals surface area contributed by atoms with Crippen molar-refractivity contribution < 1.29 is 9.59 Å². The van der Waals surface area contributed by atoms with Gasteiger partial charge in [-0.1, -0.05) is 44.1 Å². The first kappa shape index (κ1) is 16.3. The Morgan fingerprint density at radius 2 is 2.00 bits per heavy atom. The first-order valence-electron chi connectivity index (χ1n) is 7.96. The molecular formula is C18H24N2O2. The predicted molar refractivity (Wildman–Crippen MR) is 88.1 cm³/mol. The highest BCUT2D eigenvalue weighted by Gasteiger charge is 2.36. The number of benzene rings is 1. The summed E-state index contributed by atoms with van der Waals surface area (Å²) in [5.74, 6) is -0.601. The lowest BCUT2D eigenvalue weighted by Crippen LogP contribution is -2.25. The van der Waals surface area contributed by atoms with Gasteiger partial charge in [0.2, 0.25) is 11.8 Å². The zero-order valence-corrected chi connectivity index (χ0v) is 13.0. The second kappa shape index (κ2) is 7.78. The number of anilines is 1. The van der Waals surface area contributed by atoms with Gasteiger partial charge < -0.3 is 5.73 Å².